The summed E-state index contributed by atoms with van der Waals surface area (Å²) in [6.45, 7) is -0.548. The highest BCUT2D eigenvalue weighted by molar-refractivity contribution is 6.00. The predicted molar refractivity (Wildman–Crippen MR) is 101 cm³/mol. The number of ketones is 1. The van der Waals surface area contributed by atoms with Crippen molar-refractivity contribution >= 4 is 5.78 Å². The SMILES string of the molecule is O=C1C[C@@H](c2ccc(OC3OC(CO)C(O)C(O)C3O)cc2)Oc2cc(O)ccc21. The Morgan fingerprint density at radius 3 is 2.43 bits per heavy atom. The number of rotatable bonds is 4. The molecule has 0 aliphatic carbocycles. The third-order valence-corrected chi connectivity index (χ3v) is 5.26. The Balaban J connectivity index is 1.46. The van der Waals surface area contributed by atoms with Crippen LogP contribution < -0.4 is 9.47 Å². The first-order valence-corrected chi connectivity index (χ1v) is 9.47. The Kier molecular flexibility index (Phi) is 5.63. The fraction of sp³-hybridized carbons (Fsp3) is 0.381. The number of aliphatic hydroxyl groups excluding tert-OH is 4. The number of fused-ring (bicyclic) bond motifs is 1. The first-order chi connectivity index (χ1) is 14.4. The van der Waals surface area contributed by atoms with Crippen LogP contribution in [0.2, 0.25) is 0 Å². The zero-order valence-electron chi connectivity index (χ0n) is 15.8. The standard InChI is InChI=1S/C21H22O9/c22-9-17-18(25)19(26)20(27)21(30-17)28-12-4-1-10(2-5-12)15-8-14(24)13-6-3-11(23)7-16(13)29-15/h1-7,15,17-23,25-27H,8-9H2/t15-,17?,18?,19?,20?,21?/m0/s1. The number of carbonyl (C=O) groups is 1. The van der Waals surface area contributed by atoms with Crippen molar-refractivity contribution in [3.8, 4) is 17.2 Å². The number of phenolic OH excluding ortho intramolecular Hbond substituents is 1. The van der Waals surface area contributed by atoms with Crippen molar-refractivity contribution in [1.29, 1.82) is 0 Å². The van der Waals surface area contributed by atoms with E-state index in [9.17, 15) is 30.3 Å². The number of hydrogen-bond donors (Lipinski definition) is 5. The molecule has 2 aromatic rings. The van der Waals surface area contributed by atoms with Crippen LogP contribution in [0.4, 0.5) is 0 Å². The minimum absolute atomic E-state index is 0.00507. The molecule has 0 saturated carbocycles. The Hall–Kier alpha value is -2.69. The second kappa shape index (κ2) is 8.21. The van der Waals surface area contributed by atoms with E-state index in [1.165, 1.54) is 18.2 Å². The first-order valence-electron chi connectivity index (χ1n) is 9.47. The number of phenols is 1. The summed E-state index contributed by atoms with van der Waals surface area (Å²) in [5.41, 5.74) is 1.13. The number of benzene rings is 2. The van der Waals surface area contributed by atoms with Crippen molar-refractivity contribution < 1.29 is 44.5 Å². The largest absolute Gasteiger partial charge is 0.508 e. The van der Waals surface area contributed by atoms with E-state index >= 15 is 0 Å². The molecule has 2 aliphatic rings. The van der Waals surface area contributed by atoms with Crippen molar-refractivity contribution in [2.75, 3.05) is 6.61 Å². The van der Waals surface area contributed by atoms with E-state index in [0.717, 1.165) is 0 Å². The highest BCUT2D eigenvalue weighted by Gasteiger charge is 2.44. The molecule has 2 heterocycles. The van der Waals surface area contributed by atoms with E-state index in [-0.39, 0.29) is 18.0 Å². The van der Waals surface area contributed by atoms with Gasteiger partial charge in [0.15, 0.2) is 5.78 Å². The van der Waals surface area contributed by atoms with Crippen LogP contribution in [0, 0.1) is 0 Å². The van der Waals surface area contributed by atoms with Crippen LogP contribution in [-0.4, -0.2) is 68.6 Å². The van der Waals surface area contributed by atoms with E-state index in [4.69, 9.17) is 14.2 Å². The Morgan fingerprint density at radius 2 is 1.73 bits per heavy atom. The van der Waals surface area contributed by atoms with Gasteiger partial charge in [-0.1, -0.05) is 12.1 Å². The number of Topliss-reactive ketones (excluding diaryl/α,β-unsaturated/α-hetero) is 1. The highest BCUT2D eigenvalue weighted by atomic mass is 16.7. The van der Waals surface area contributed by atoms with E-state index in [0.29, 0.717) is 22.6 Å². The number of ether oxygens (including phenoxy) is 3. The molecule has 9 heteroatoms. The molecule has 0 bridgehead atoms. The van der Waals surface area contributed by atoms with Gasteiger partial charge in [0.25, 0.3) is 0 Å². The lowest BCUT2D eigenvalue weighted by molar-refractivity contribution is -0.277. The smallest absolute Gasteiger partial charge is 0.229 e. The van der Waals surface area contributed by atoms with E-state index < -0.39 is 43.4 Å². The minimum Gasteiger partial charge on any atom is -0.508 e. The van der Waals surface area contributed by atoms with Crippen LogP contribution >= 0.6 is 0 Å². The van der Waals surface area contributed by atoms with Gasteiger partial charge in [-0.15, -0.1) is 0 Å². The average molecular weight is 418 g/mol. The fourth-order valence-corrected chi connectivity index (χ4v) is 3.56. The predicted octanol–water partition coefficient (Wildman–Crippen LogP) is 0.277. The molecule has 2 aromatic carbocycles. The molecular formula is C21H22O9. The molecule has 6 atom stereocenters. The molecule has 1 saturated heterocycles. The summed E-state index contributed by atoms with van der Waals surface area (Å²) >= 11 is 0. The molecule has 0 radical (unpaired) electrons. The maximum Gasteiger partial charge on any atom is 0.229 e. The summed E-state index contributed by atoms with van der Waals surface area (Å²) in [6, 6.07) is 10.9. The number of aromatic hydroxyl groups is 1. The first kappa shape index (κ1) is 20.6. The number of aliphatic hydroxyl groups is 4. The van der Waals surface area contributed by atoms with Crippen molar-refractivity contribution in [2.24, 2.45) is 0 Å². The number of carbonyl (C=O) groups excluding carboxylic acids is 1. The molecule has 2 aliphatic heterocycles. The zero-order valence-corrected chi connectivity index (χ0v) is 15.8. The lowest BCUT2D eigenvalue weighted by atomic mass is 9.96. The lowest BCUT2D eigenvalue weighted by Gasteiger charge is -2.39. The molecule has 5 N–H and O–H groups in total. The van der Waals surface area contributed by atoms with Crippen LogP contribution in [0.1, 0.15) is 28.4 Å². The summed E-state index contributed by atoms with van der Waals surface area (Å²) in [5, 5.41) is 48.6. The molecular weight excluding hydrogens is 396 g/mol. The fourth-order valence-electron chi connectivity index (χ4n) is 3.56. The zero-order chi connectivity index (χ0) is 21.4. The summed E-state index contributed by atoms with van der Waals surface area (Å²) in [6.07, 6.45) is -7.24. The average Bonchev–Trinajstić information content (AvgIpc) is 2.74. The minimum atomic E-state index is -1.53. The molecule has 1 fully saturated rings. The van der Waals surface area contributed by atoms with Gasteiger partial charge in [-0.25, -0.2) is 0 Å². The Morgan fingerprint density at radius 1 is 1.00 bits per heavy atom. The van der Waals surface area contributed by atoms with Gasteiger partial charge in [0.1, 0.15) is 47.8 Å². The van der Waals surface area contributed by atoms with Gasteiger partial charge in [0.2, 0.25) is 6.29 Å². The normalized spacial score (nSPS) is 31.0. The summed E-state index contributed by atoms with van der Waals surface area (Å²) in [5.74, 6) is 0.537. The maximum absolute atomic E-state index is 12.4. The van der Waals surface area contributed by atoms with Gasteiger partial charge in [-0.3, -0.25) is 4.79 Å². The molecule has 0 spiro atoms. The topological polar surface area (TPSA) is 146 Å². The van der Waals surface area contributed by atoms with Crippen molar-refractivity contribution in [1.82, 2.24) is 0 Å². The Bertz CT molecular complexity index is 911. The molecule has 30 heavy (non-hydrogen) atoms. The van der Waals surface area contributed by atoms with Crippen LogP contribution in [-0.2, 0) is 4.74 Å². The summed E-state index contributed by atoms with van der Waals surface area (Å²) in [4.78, 5) is 12.4. The van der Waals surface area contributed by atoms with E-state index in [1.807, 2.05) is 0 Å². The second-order valence-electron chi connectivity index (χ2n) is 7.30. The van der Waals surface area contributed by atoms with Crippen molar-refractivity contribution in [2.45, 2.75) is 43.2 Å². The van der Waals surface area contributed by atoms with E-state index in [1.54, 1.807) is 24.3 Å². The van der Waals surface area contributed by atoms with Crippen LogP contribution in [0.15, 0.2) is 42.5 Å². The summed E-state index contributed by atoms with van der Waals surface area (Å²) in [7, 11) is 0. The molecule has 160 valence electrons. The van der Waals surface area contributed by atoms with Crippen LogP contribution in [0.5, 0.6) is 17.2 Å². The van der Waals surface area contributed by atoms with Crippen LogP contribution in [0.3, 0.4) is 0 Å². The summed E-state index contributed by atoms with van der Waals surface area (Å²) < 4.78 is 16.7. The van der Waals surface area contributed by atoms with Crippen molar-refractivity contribution in [3.05, 3.63) is 53.6 Å². The molecule has 5 unspecified atom stereocenters. The second-order valence-corrected chi connectivity index (χ2v) is 7.30. The third-order valence-electron chi connectivity index (χ3n) is 5.26. The molecule has 0 amide bonds. The molecule has 4 rings (SSSR count). The van der Waals surface area contributed by atoms with Crippen LogP contribution in [0.25, 0.3) is 0 Å². The van der Waals surface area contributed by atoms with Gasteiger partial charge in [0, 0.05) is 6.07 Å². The van der Waals surface area contributed by atoms with Gasteiger partial charge in [0.05, 0.1) is 18.6 Å². The third kappa shape index (κ3) is 3.85. The lowest BCUT2D eigenvalue weighted by Crippen LogP contribution is -2.60. The highest BCUT2D eigenvalue weighted by Crippen LogP contribution is 2.37. The van der Waals surface area contributed by atoms with Gasteiger partial charge in [-0.2, -0.15) is 0 Å². The molecule has 9 nitrogen and oxygen atoms in total. The van der Waals surface area contributed by atoms with Gasteiger partial charge >= 0.3 is 0 Å². The maximum atomic E-state index is 12.4. The van der Waals surface area contributed by atoms with Crippen molar-refractivity contribution in [3.63, 3.8) is 0 Å². The molecule has 0 aromatic heterocycles. The van der Waals surface area contributed by atoms with E-state index in [2.05, 4.69) is 0 Å². The number of hydrogen-bond acceptors (Lipinski definition) is 9. The van der Waals surface area contributed by atoms with Gasteiger partial charge < -0.3 is 39.7 Å². The monoisotopic (exact) mass is 418 g/mol. The Labute approximate surface area is 171 Å². The quantitative estimate of drug-likeness (QED) is 0.472. The van der Waals surface area contributed by atoms with Gasteiger partial charge in [-0.05, 0) is 29.8 Å².